The fourth-order valence-corrected chi connectivity index (χ4v) is 3.25. The van der Waals surface area contributed by atoms with E-state index >= 15 is 0 Å². The first kappa shape index (κ1) is 19.6. The molecule has 0 bridgehead atoms. The Kier molecular flexibility index (Phi) is 5.72. The first-order valence-electron chi connectivity index (χ1n) is 9.72. The zero-order valence-corrected chi connectivity index (χ0v) is 16.3. The summed E-state index contributed by atoms with van der Waals surface area (Å²) in [7, 11) is 0. The number of nitrogens with zero attached hydrogens (tertiary/aromatic N) is 2. The van der Waals surface area contributed by atoms with E-state index in [-0.39, 0.29) is 11.8 Å². The van der Waals surface area contributed by atoms with Gasteiger partial charge in [0.25, 0.3) is 0 Å². The Labute approximate surface area is 173 Å². The van der Waals surface area contributed by atoms with Crippen LogP contribution in [0.5, 0.6) is 0 Å². The Morgan fingerprint density at radius 1 is 1.03 bits per heavy atom. The Morgan fingerprint density at radius 2 is 1.87 bits per heavy atom. The number of carbonyl (C=O) groups excluding carboxylic acids is 1. The van der Waals surface area contributed by atoms with Crippen molar-refractivity contribution in [1.29, 1.82) is 0 Å². The van der Waals surface area contributed by atoms with Gasteiger partial charge in [-0.1, -0.05) is 24.3 Å². The van der Waals surface area contributed by atoms with Crippen LogP contribution in [0.15, 0.2) is 73.1 Å². The normalized spacial score (nSPS) is 10.9. The van der Waals surface area contributed by atoms with Crippen molar-refractivity contribution >= 4 is 17.4 Å². The number of imidazole rings is 1. The van der Waals surface area contributed by atoms with Crippen molar-refractivity contribution in [2.45, 2.75) is 6.42 Å². The van der Waals surface area contributed by atoms with E-state index in [1.165, 1.54) is 12.1 Å². The molecular formula is C23H22FN5O. The molecule has 2 heterocycles. The Morgan fingerprint density at radius 3 is 2.67 bits per heavy atom. The SMILES string of the molecule is NCCCNC(=O)Nc1cccc(-c2cnc3cc(-c4ccc(F)cc4)ccn23)c1. The predicted octanol–water partition coefficient (Wildman–Crippen LogP) is 4.28. The number of aromatic nitrogens is 2. The molecule has 0 aliphatic carbocycles. The summed E-state index contributed by atoms with van der Waals surface area (Å²) in [6, 6.07) is 17.7. The topological polar surface area (TPSA) is 84.4 Å². The minimum absolute atomic E-state index is 0.260. The molecule has 0 atom stereocenters. The van der Waals surface area contributed by atoms with E-state index in [9.17, 15) is 9.18 Å². The molecule has 4 N–H and O–H groups in total. The summed E-state index contributed by atoms with van der Waals surface area (Å²) in [4.78, 5) is 16.5. The van der Waals surface area contributed by atoms with Gasteiger partial charge in [-0.3, -0.25) is 4.40 Å². The van der Waals surface area contributed by atoms with Crippen LogP contribution in [-0.4, -0.2) is 28.5 Å². The molecule has 0 saturated carbocycles. The van der Waals surface area contributed by atoms with Gasteiger partial charge >= 0.3 is 6.03 Å². The van der Waals surface area contributed by atoms with Gasteiger partial charge in [-0.2, -0.15) is 0 Å². The summed E-state index contributed by atoms with van der Waals surface area (Å²) in [5.41, 5.74) is 10.6. The summed E-state index contributed by atoms with van der Waals surface area (Å²) in [6.45, 7) is 1.07. The molecule has 2 aromatic carbocycles. The molecule has 4 aromatic rings. The fourth-order valence-electron chi connectivity index (χ4n) is 3.25. The molecule has 0 aliphatic rings. The van der Waals surface area contributed by atoms with Crippen LogP contribution in [0.1, 0.15) is 6.42 Å². The first-order valence-corrected chi connectivity index (χ1v) is 9.72. The van der Waals surface area contributed by atoms with Crippen LogP contribution in [0, 0.1) is 5.82 Å². The van der Waals surface area contributed by atoms with Gasteiger partial charge in [-0.05, 0) is 60.5 Å². The van der Waals surface area contributed by atoms with Crippen molar-refractivity contribution in [1.82, 2.24) is 14.7 Å². The molecule has 0 saturated heterocycles. The number of fused-ring (bicyclic) bond motifs is 1. The highest BCUT2D eigenvalue weighted by Gasteiger charge is 2.09. The van der Waals surface area contributed by atoms with E-state index < -0.39 is 0 Å². The summed E-state index contributed by atoms with van der Waals surface area (Å²) in [6.07, 6.45) is 4.47. The fraction of sp³-hybridized carbons (Fsp3) is 0.130. The number of nitrogens with two attached hydrogens (primary N) is 1. The van der Waals surface area contributed by atoms with Crippen LogP contribution in [0.2, 0.25) is 0 Å². The largest absolute Gasteiger partial charge is 0.338 e. The van der Waals surface area contributed by atoms with Crippen LogP contribution in [0.4, 0.5) is 14.9 Å². The third kappa shape index (κ3) is 4.31. The lowest BCUT2D eigenvalue weighted by molar-refractivity contribution is 0.252. The summed E-state index contributed by atoms with van der Waals surface area (Å²) in [5, 5.41) is 5.61. The second-order valence-electron chi connectivity index (χ2n) is 6.90. The monoisotopic (exact) mass is 403 g/mol. The van der Waals surface area contributed by atoms with E-state index in [0.29, 0.717) is 18.8 Å². The minimum Gasteiger partial charge on any atom is -0.338 e. The highest BCUT2D eigenvalue weighted by atomic mass is 19.1. The van der Waals surface area contributed by atoms with Crippen molar-refractivity contribution in [2.24, 2.45) is 5.73 Å². The standard InChI is InChI=1S/C23H22FN5O/c24-19-7-5-16(6-8-19)17-9-12-29-21(15-27-22(29)14-17)18-3-1-4-20(13-18)28-23(30)26-11-2-10-25/h1,3-9,12-15H,2,10-11,25H2,(H2,26,28,30). The quantitative estimate of drug-likeness (QED) is 0.420. The van der Waals surface area contributed by atoms with E-state index in [2.05, 4.69) is 15.6 Å². The molecule has 4 rings (SSSR count). The number of rotatable bonds is 6. The maximum absolute atomic E-state index is 13.2. The van der Waals surface area contributed by atoms with Crippen LogP contribution in [0.25, 0.3) is 28.0 Å². The van der Waals surface area contributed by atoms with E-state index in [4.69, 9.17) is 5.73 Å². The lowest BCUT2D eigenvalue weighted by atomic mass is 10.1. The van der Waals surface area contributed by atoms with Gasteiger partial charge < -0.3 is 16.4 Å². The molecule has 0 radical (unpaired) electrons. The predicted molar refractivity (Wildman–Crippen MR) is 117 cm³/mol. The summed E-state index contributed by atoms with van der Waals surface area (Å²) in [5.74, 6) is -0.260. The van der Waals surface area contributed by atoms with Crippen molar-refractivity contribution in [3.05, 3.63) is 78.9 Å². The zero-order valence-electron chi connectivity index (χ0n) is 16.3. The molecule has 2 amide bonds. The number of amides is 2. The van der Waals surface area contributed by atoms with Crippen LogP contribution in [0.3, 0.4) is 0 Å². The number of nitrogens with one attached hydrogen (secondary N) is 2. The van der Waals surface area contributed by atoms with Gasteiger partial charge in [0.1, 0.15) is 11.5 Å². The number of halogens is 1. The Balaban J connectivity index is 1.57. The van der Waals surface area contributed by atoms with E-state index in [1.807, 2.05) is 47.0 Å². The van der Waals surface area contributed by atoms with Crippen molar-refractivity contribution in [2.75, 3.05) is 18.4 Å². The number of urea groups is 1. The molecule has 30 heavy (non-hydrogen) atoms. The second-order valence-corrected chi connectivity index (χ2v) is 6.90. The smallest absolute Gasteiger partial charge is 0.319 e. The van der Waals surface area contributed by atoms with Gasteiger partial charge in [0.15, 0.2) is 0 Å². The number of hydrogen-bond donors (Lipinski definition) is 3. The molecular weight excluding hydrogens is 381 g/mol. The lowest BCUT2D eigenvalue weighted by Crippen LogP contribution is -2.30. The first-order chi connectivity index (χ1) is 14.6. The zero-order chi connectivity index (χ0) is 20.9. The maximum atomic E-state index is 13.2. The third-order valence-electron chi connectivity index (χ3n) is 4.77. The summed E-state index contributed by atoms with van der Waals surface area (Å²) >= 11 is 0. The number of benzene rings is 2. The molecule has 2 aromatic heterocycles. The molecule has 0 spiro atoms. The van der Waals surface area contributed by atoms with Gasteiger partial charge in [0, 0.05) is 24.0 Å². The maximum Gasteiger partial charge on any atom is 0.319 e. The van der Waals surface area contributed by atoms with Crippen molar-refractivity contribution in [3.63, 3.8) is 0 Å². The molecule has 0 aliphatic heterocycles. The average molecular weight is 403 g/mol. The van der Waals surface area contributed by atoms with E-state index in [1.54, 1.807) is 18.3 Å². The number of anilines is 1. The molecule has 0 fully saturated rings. The molecule has 152 valence electrons. The second kappa shape index (κ2) is 8.75. The van der Waals surface area contributed by atoms with Crippen LogP contribution < -0.4 is 16.4 Å². The molecule has 7 heteroatoms. The Hall–Kier alpha value is -3.71. The molecule has 6 nitrogen and oxygen atoms in total. The van der Waals surface area contributed by atoms with Crippen molar-refractivity contribution < 1.29 is 9.18 Å². The van der Waals surface area contributed by atoms with Crippen molar-refractivity contribution in [3.8, 4) is 22.4 Å². The van der Waals surface area contributed by atoms with Gasteiger partial charge in [-0.25, -0.2) is 14.2 Å². The van der Waals surface area contributed by atoms with E-state index in [0.717, 1.165) is 34.5 Å². The lowest BCUT2D eigenvalue weighted by Gasteiger charge is -2.09. The third-order valence-corrected chi connectivity index (χ3v) is 4.77. The number of carbonyl (C=O) groups is 1. The minimum atomic E-state index is -0.261. The van der Waals surface area contributed by atoms with Crippen LogP contribution >= 0.6 is 0 Å². The van der Waals surface area contributed by atoms with Crippen LogP contribution in [-0.2, 0) is 0 Å². The van der Waals surface area contributed by atoms with Gasteiger partial charge in [-0.15, -0.1) is 0 Å². The van der Waals surface area contributed by atoms with Gasteiger partial charge in [0.2, 0.25) is 0 Å². The highest BCUT2D eigenvalue weighted by molar-refractivity contribution is 5.90. The average Bonchev–Trinajstić information content (AvgIpc) is 3.18. The number of pyridine rings is 1. The highest BCUT2D eigenvalue weighted by Crippen LogP contribution is 2.27. The Bertz CT molecular complexity index is 1170. The molecule has 0 unspecified atom stereocenters. The number of hydrogen-bond acceptors (Lipinski definition) is 3. The summed E-state index contributed by atoms with van der Waals surface area (Å²) < 4.78 is 15.2. The van der Waals surface area contributed by atoms with Gasteiger partial charge in [0.05, 0.1) is 11.9 Å².